The van der Waals surface area contributed by atoms with Crippen molar-refractivity contribution in [3.63, 3.8) is 0 Å². The van der Waals surface area contributed by atoms with Gasteiger partial charge < -0.3 is 28.5 Å². The van der Waals surface area contributed by atoms with E-state index in [9.17, 15) is 19.5 Å². The molecule has 2 unspecified atom stereocenters. The van der Waals surface area contributed by atoms with Crippen LogP contribution in [0.15, 0.2) is 85.1 Å². The lowest BCUT2D eigenvalue weighted by molar-refractivity contribution is -0.870. The molecule has 0 saturated carbocycles. The third-order valence-electron chi connectivity index (χ3n) is 16.6. The number of allylic oxidation sites excluding steroid dienone is 14. The average molecular weight is 1250 g/mol. The zero-order valence-corrected chi connectivity index (χ0v) is 59.1. The number of esters is 2. The summed E-state index contributed by atoms with van der Waals surface area (Å²) < 4.78 is 23.0. The van der Waals surface area contributed by atoms with Crippen LogP contribution < -0.4 is 0 Å². The molecule has 0 amide bonds. The second-order valence-electron chi connectivity index (χ2n) is 26.6. The fraction of sp³-hybridized carbons (Fsp3) is 0.787. The molecule has 89 heavy (non-hydrogen) atoms. The molecule has 0 aromatic rings. The molecule has 0 bridgehead atoms. The number of hydrogen-bond donors (Lipinski definition) is 1. The SMILES string of the molecule is CC/C=C\C/C=C\C/C=C\C/C=C\CCCCCCCCCCCCCCCCC(=O)OC(COC(=O)CCCCCCCCCCCCCCCCCCCCCCCC/C=C\C/C=C\C/C=C\CCCCCCC)COC(OCC[N+](C)(C)C)C(=O)O. The van der Waals surface area contributed by atoms with E-state index < -0.39 is 24.3 Å². The van der Waals surface area contributed by atoms with E-state index in [4.69, 9.17) is 18.9 Å². The second-order valence-corrected chi connectivity index (χ2v) is 26.6. The highest BCUT2D eigenvalue weighted by atomic mass is 16.7. The van der Waals surface area contributed by atoms with Crippen LogP contribution in [0.3, 0.4) is 0 Å². The summed E-state index contributed by atoms with van der Waals surface area (Å²) in [5.41, 5.74) is 0. The van der Waals surface area contributed by atoms with E-state index >= 15 is 0 Å². The molecule has 0 aliphatic heterocycles. The number of hydrogen-bond acceptors (Lipinski definition) is 7. The minimum absolute atomic E-state index is 0.181. The molecule has 0 aliphatic carbocycles. The highest BCUT2D eigenvalue weighted by Crippen LogP contribution is 2.19. The van der Waals surface area contributed by atoms with Crippen molar-refractivity contribution >= 4 is 17.9 Å². The number of ether oxygens (including phenoxy) is 4. The van der Waals surface area contributed by atoms with E-state index in [1.54, 1.807) is 0 Å². The zero-order valence-electron chi connectivity index (χ0n) is 59.1. The summed E-state index contributed by atoms with van der Waals surface area (Å²) in [5.74, 6) is -1.99. The van der Waals surface area contributed by atoms with Crippen LogP contribution in [-0.2, 0) is 33.3 Å². The summed E-state index contributed by atoms with van der Waals surface area (Å²) in [6.07, 6.45) is 92.9. The minimum atomic E-state index is -1.51. The highest BCUT2D eigenvalue weighted by molar-refractivity contribution is 5.71. The Morgan fingerprint density at radius 3 is 0.955 bits per heavy atom. The molecule has 0 fully saturated rings. The molecule has 0 aromatic carbocycles. The van der Waals surface area contributed by atoms with Gasteiger partial charge in [-0.05, 0) is 89.9 Å². The first-order chi connectivity index (χ1) is 43.6. The van der Waals surface area contributed by atoms with Crippen LogP contribution in [0.5, 0.6) is 0 Å². The molecule has 516 valence electrons. The Hall–Kier alpha value is -3.53. The standard InChI is InChI=1S/C80H143NO8/c1-6-8-10-12-14-16-18-20-22-24-26-28-30-32-34-35-36-37-38-39-40-41-42-43-45-46-48-50-52-54-56-58-60-62-64-66-68-70-77(82)87-74-76(75-88-80(79(84)85)86-73-72-81(3,4)5)89-78(83)71-69-67-65-63-61-59-57-55-53-51-49-47-44-33-31-29-27-25-23-21-19-17-15-13-11-9-7-2/h9,11,15,17-18,20-21,23-24,26-27,29-30,32,76,80H,6-8,10,12-14,16,19,22,25,28,31,33-75H2,1-5H3/p+1/b11-9-,17-15-,20-18-,23-21-,26-24-,29-27-,32-30-. The van der Waals surface area contributed by atoms with Crippen molar-refractivity contribution < 1.29 is 42.9 Å². The predicted molar refractivity (Wildman–Crippen MR) is 382 cm³/mol. The van der Waals surface area contributed by atoms with Crippen LogP contribution in [0, 0.1) is 0 Å². The van der Waals surface area contributed by atoms with Crippen LogP contribution in [0.4, 0.5) is 0 Å². The number of nitrogens with zero attached hydrogens (tertiary/aromatic N) is 1. The van der Waals surface area contributed by atoms with Gasteiger partial charge in [-0.25, -0.2) is 4.79 Å². The van der Waals surface area contributed by atoms with Gasteiger partial charge in [0.15, 0.2) is 6.10 Å². The van der Waals surface area contributed by atoms with Gasteiger partial charge in [0.1, 0.15) is 13.2 Å². The van der Waals surface area contributed by atoms with Crippen LogP contribution in [0.25, 0.3) is 0 Å². The number of rotatable bonds is 70. The Morgan fingerprint density at radius 1 is 0.348 bits per heavy atom. The summed E-state index contributed by atoms with van der Waals surface area (Å²) >= 11 is 0. The van der Waals surface area contributed by atoms with Crippen molar-refractivity contribution in [3.8, 4) is 0 Å². The van der Waals surface area contributed by atoms with Gasteiger partial charge in [0.05, 0.1) is 34.4 Å². The maximum Gasteiger partial charge on any atom is 0.361 e. The van der Waals surface area contributed by atoms with E-state index in [1.165, 1.54) is 244 Å². The fourth-order valence-electron chi connectivity index (χ4n) is 10.9. The molecule has 0 radical (unpaired) electrons. The van der Waals surface area contributed by atoms with Gasteiger partial charge in [-0.3, -0.25) is 9.59 Å². The lowest BCUT2D eigenvalue weighted by Gasteiger charge is -2.25. The Morgan fingerprint density at radius 2 is 0.640 bits per heavy atom. The van der Waals surface area contributed by atoms with Crippen molar-refractivity contribution in [2.75, 3.05) is 47.5 Å². The molecule has 0 aromatic heterocycles. The first kappa shape index (κ1) is 85.5. The lowest BCUT2D eigenvalue weighted by atomic mass is 10.0. The van der Waals surface area contributed by atoms with Crippen LogP contribution >= 0.6 is 0 Å². The Labute approximate surface area is 550 Å². The zero-order chi connectivity index (χ0) is 64.7. The number of unbranched alkanes of at least 4 members (excludes halogenated alkanes) is 41. The van der Waals surface area contributed by atoms with Gasteiger partial charge in [0, 0.05) is 12.8 Å². The number of carboxylic acid groups (broad SMARTS) is 1. The van der Waals surface area contributed by atoms with Gasteiger partial charge in [0.25, 0.3) is 6.29 Å². The molecule has 0 aliphatic rings. The van der Waals surface area contributed by atoms with Crippen molar-refractivity contribution in [1.29, 1.82) is 0 Å². The fourth-order valence-corrected chi connectivity index (χ4v) is 10.9. The molecule has 9 nitrogen and oxygen atoms in total. The molecule has 2 atom stereocenters. The molecule has 1 N–H and O–H groups in total. The predicted octanol–water partition coefficient (Wildman–Crippen LogP) is 23.8. The van der Waals surface area contributed by atoms with Crippen molar-refractivity contribution in [2.24, 2.45) is 0 Å². The monoisotopic (exact) mass is 1250 g/mol. The Bertz CT molecular complexity index is 1740. The maximum atomic E-state index is 13.0. The van der Waals surface area contributed by atoms with E-state index in [1.807, 2.05) is 21.1 Å². The number of aliphatic carboxylic acids is 1. The largest absolute Gasteiger partial charge is 0.477 e. The average Bonchev–Trinajstić information content (AvgIpc) is 3.64. The summed E-state index contributed by atoms with van der Waals surface area (Å²) in [4.78, 5) is 37.7. The molecule has 0 rings (SSSR count). The first-order valence-corrected chi connectivity index (χ1v) is 37.8. The molecule has 9 heteroatoms. The summed E-state index contributed by atoms with van der Waals surface area (Å²) in [5, 5.41) is 9.76. The summed E-state index contributed by atoms with van der Waals surface area (Å²) in [6, 6.07) is 0. The molecular formula is C80H144NO8+. The molecule has 0 heterocycles. The van der Waals surface area contributed by atoms with Gasteiger partial charge in [0.2, 0.25) is 0 Å². The first-order valence-electron chi connectivity index (χ1n) is 37.8. The lowest BCUT2D eigenvalue weighted by Crippen LogP contribution is -2.40. The van der Waals surface area contributed by atoms with E-state index in [0.717, 1.165) is 77.0 Å². The molecule has 0 saturated heterocycles. The topological polar surface area (TPSA) is 108 Å². The smallest absolute Gasteiger partial charge is 0.361 e. The quantitative estimate of drug-likeness (QED) is 0.0211. The van der Waals surface area contributed by atoms with Crippen molar-refractivity contribution in [3.05, 3.63) is 85.1 Å². The number of carbonyl (C=O) groups is 3. The summed E-state index contributed by atoms with van der Waals surface area (Å²) in [7, 11) is 5.99. The third-order valence-corrected chi connectivity index (χ3v) is 16.6. The normalized spacial score (nSPS) is 13.1. The molecular weight excluding hydrogens is 1100 g/mol. The Balaban J connectivity index is 4.01. The summed E-state index contributed by atoms with van der Waals surface area (Å²) in [6.45, 7) is 4.80. The third kappa shape index (κ3) is 71.8. The van der Waals surface area contributed by atoms with Crippen LogP contribution in [-0.4, -0.2) is 87.4 Å². The van der Waals surface area contributed by atoms with E-state index in [0.29, 0.717) is 17.4 Å². The van der Waals surface area contributed by atoms with Crippen LogP contribution in [0.2, 0.25) is 0 Å². The van der Waals surface area contributed by atoms with E-state index in [2.05, 4.69) is 98.9 Å². The van der Waals surface area contributed by atoms with Crippen LogP contribution in [0.1, 0.15) is 348 Å². The molecule has 0 spiro atoms. The van der Waals surface area contributed by atoms with Crippen molar-refractivity contribution in [2.45, 2.75) is 360 Å². The minimum Gasteiger partial charge on any atom is -0.477 e. The number of carbonyl (C=O) groups excluding carboxylic acids is 2. The maximum absolute atomic E-state index is 13.0. The second kappa shape index (κ2) is 70.3. The highest BCUT2D eigenvalue weighted by Gasteiger charge is 2.25. The van der Waals surface area contributed by atoms with Gasteiger partial charge in [-0.1, -0.05) is 330 Å². The van der Waals surface area contributed by atoms with Crippen molar-refractivity contribution in [1.82, 2.24) is 0 Å². The number of likely N-dealkylation sites (N-methyl/N-ethyl adjacent to an activating group) is 1. The van der Waals surface area contributed by atoms with E-state index in [-0.39, 0.29) is 32.2 Å². The Kier molecular flexibility index (Phi) is 67.6. The van der Waals surface area contributed by atoms with Gasteiger partial charge in [-0.15, -0.1) is 0 Å². The van der Waals surface area contributed by atoms with Gasteiger partial charge in [-0.2, -0.15) is 0 Å². The number of carboxylic acids is 1. The van der Waals surface area contributed by atoms with Gasteiger partial charge >= 0.3 is 17.9 Å². The number of quaternary nitrogens is 1.